The van der Waals surface area contributed by atoms with E-state index in [2.05, 4.69) is 41.7 Å². The number of alkyl halides is 3. The molecule has 3 nitrogen and oxygen atoms in total. The second-order valence-electron chi connectivity index (χ2n) is 3.68. The van der Waals surface area contributed by atoms with Crippen molar-refractivity contribution in [1.82, 2.24) is 0 Å². The Labute approximate surface area is 117 Å². The van der Waals surface area contributed by atoms with Gasteiger partial charge < -0.3 is 0 Å². The zero-order chi connectivity index (χ0) is 12.2. The first-order valence-electron chi connectivity index (χ1n) is 5.24. The van der Waals surface area contributed by atoms with E-state index >= 15 is 0 Å². The average Bonchev–Trinajstić information content (AvgIpc) is 2.44. The number of rotatable bonds is 5. The molecule has 0 aliphatic carbocycles. The fourth-order valence-corrected chi connectivity index (χ4v) is 10.7. The fraction of sp³-hybridized carbons (Fsp3) is 0.636. The first kappa shape index (κ1) is 14.4. The molecule has 0 saturated carbocycles. The number of carboxylic acids is 1. The second kappa shape index (κ2) is 6.32. The molecule has 1 atom stereocenters. The molecule has 5 heteroatoms. The van der Waals surface area contributed by atoms with Crippen molar-refractivity contribution in [2.24, 2.45) is 0 Å². The van der Waals surface area contributed by atoms with Crippen LogP contribution < -0.4 is 22.6 Å². The number of halogens is 2. The molecular weight excluding hydrogens is 434 g/mol. The summed E-state index contributed by atoms with van der Waals surface area (Å²) in [6, 6.07) is 0. The number of carbonyl (C=O) groups excluding carboxylic acids is 1. The first-order valence-corrected chi connectivity index (χ1v) is 10.00. The van der Waals surface area contributed by atoms with Gasteiger partial charge in [-0.25, -0.2) is 0 Å². The topological polar surface area (TPSA) is 54.4 Å². The van der Waals surface area contributed by atoms with Gasteiger partial charge in [0.05, 0.1) is 0 Å². The molecule has 1 fully saturated rings. The summed E-state index contributed by atoms with van der Waals surface area (Å²) >= 11 is 0.440. The van der Waals surface area contributed by atoms with E-state index in [0.29, 0.717) is 10.2 Å². The Kier molecular flexibility index (Phi) is 5.69. The Bertz CT molecular complexity index is 314. The molecule has 1 heterocycles. The summed E-state index contributed by atoms with van der Waals surface area (Å²) < 4.78 is 0.996. The molecule has 1 rings (SSSR count). The molecule has 1 aliphatic rings. The summed E-state index contributed by atoms with van der Waals surface area (Å²) in [5, 5.41) is 8.91. The van der Waals surface area contributed by atoms with Gasteiger partial charge in [-0.1, -0.05) is 0 Å². The summed E-state index contributed by atoms with van der Waals surface area (Å²) in [4.78, 5) is 22.6. The van der Waals surface area contributed by atoms with E-state index in [0.717, 1.165) is 17.3 Å². The van der Waals surface area contributed by atoms with Crippen LogP contribution in [0, 0.1) is 0 Å². The molecule has 0 aromatic carbocycles. The molecule has 1 N–H and O–H groups in total. The van der Waals surface area contributed by atoms with E-state index in [-0.39, 0.29) is 7.85 Å². The molecule has 93 valence electrons. The number of carbonyl (C=O) groups is 2. The minimum absolute atomic E-state index is 0.157. The van der Waals surface area contributed by atoms with Gasteiger partial charge in [-0.05, 0) is 0 Å². The Hall–Kier alpha value is 0.340. The molecule has 1 aliphatic heterocycles. The predicted octanol–water partition coefficient (Wildman–Crippen LogP) is -0.496. The van der Waals surface area contributed by atoms with Gasteiger partial charge in [0, 0.05) is 0 Å². The average molecular weight is 450 g/mol. The van der Waals surface area contributed by atoms with Gasteiger partial charge in [0.25, 0.3) is 0 Å². The van der Waals surface area contributed by atoms with Crippen molar-refractivity contribution >= 4 is 29.6 Å². The van der Waals surface area contributed by atoms with Crippen molar-refractivity contribution in [1.29, 1.82) is 0 Å². The van der Waals surface area contributed by atoms with E-state index in [1.807, 2.05) is 0 Å². The van der Waals surface area contributed by atoms with Gasteiger partial charge >= 0.3 is 117 Å². The van der Waals surface area contributed by atoms with Crippen molar-refractivity contribution in [3.05, 3.63) is 12.2 Å². The molecule has 0 amide bonds. The molecule has 1 radical (unpaired) electrons. The molecule has 1 saturated heterocycles. The molecule has 0 aromatic heterocycles. The fourth-order valence-electron chi connectivity index (χ4n) is 1.63. The van der Waals surface area contributed by atoms with Crippen molar-refractivity contribution < 1.29 is 37.3 Å². The van der Waals surface area contributed by atoms with Crippen LogP contribution in [-0.2, 0) is 9.59 Å². The summed E-state index contributed by atoms with van der Waals surface area (Å²) in [5.74, 6) is -0.772. The second-order valence-corrected chi connectivity index (χ2v) is 14.0. The number of hydrogen-bond donors (Lipinski definition) is 1. The monoisotopic (exact) mass is 450 g/mol. The van der Waals surface area contributed by atoms with E-state index in [1.165, 1.54) is 0 Å². The molecular formula is C11H16I2O3-. The van der Waals surface area contributed by atoms with Crippen LogP contribution >= 0.6 is 19.8 Å². The molecule has 0 spiro atoms. The van der Waals surface area contributed by atoms with Crippen molar-refractivity contribution in [2.75, 3.05) is 4.43 Å². The van der Waals surface area contributed by atoms with Crippen LogP contribution in [0.25, 0.3) is 0 Å². The zero-order valence-electron chi connectivity index (χ0n) is 9.21. The van der Waals surface area contributed by atoms with E-state index in [4.69, 9.17) is 5.11 Å². The van der Waals surface area contributed by atoms with Crippen molar-refractivity contribution in [2.45, 2.75) is 34.0 Å². The van der Waals surface area contributed by atoms with Gasteiger partial charge in [-0.15, -0.1) is 0 Å². The van der Waals surface area contributed by atoms with Gasteiger partial charge in [-0.3, -0.25) is 0 Å². The van der Waals surface area contributed by atoms with Gasteiger partial charge in [0.1, 0.15) is 0 Å². The number of carboxylic acid groups (broad SMARTS) is 1. The zero-order valence-corrected chi connectivity index (χ0v) is 13.5. The summed E-state index contributed by atoms with van der Waals surface area (Å²) in [6.45, 7) is 2.06. The maximum absolute atomic E-state index is 11.8. The third-order valence-corrected chi connectivity index (χ3v) is 13.3. The molecule has 0 bridgehead atoms. The molecule has 0 aromatic rings. The molecule has 16 heavy (non-hydrogen) atoms. The van der Waals surface area contributed by atoms with Gasteiger partial charge in [0.2, 0.25) is 0 Å². The standard InChI is InChI=1S/C11H16I2O3/c1-2-3-4-7-13-9(14)5-6-11(13,12)8-10(15)16/h3-4H,2,5-8H2,1H3,(H,15,16)/q-1/b4-3+/t11-/m0/s1. The summed E-state index contributed by atoms with van der Waals surface area (Å²) in [7, 11) is 0. The van der Waals surface area contributed by atoms with Crippen LogP contribution in [0.3, 0.4) is 0 Å². The Morgan fingerprint density at radius 1 is 1.62 bits per heavy atom. The number of aliphatic carboxylic acids is 1. The SMILES string of the molecule is CC/C=C/CI1C(=O)CC[C@@]1([I-])CC(=O)O. The van der Waals surface area contributed by atoms with Crippen molar-refractivity contribution in [3.63, 3.8) is 0 Å². The number of allylic oxidation sites excluding steroid dienone is 2. The summed E-state index contributed by atoms with van der Waals surface area (Å²) in [5.41, 5.74) is 0. The first-order chi connectivity index (χ1) is 7.49. The Balaban J connectivity index is 2.72. The van der Waals surface area contributed by atoms with Crippen LogP contribution in [0.2, 0.25) is 0 Å². The quantitative estimate of drug-likeness (QED) is 0.266. The van der Waals surface area contributed by atoms with Gasteiger partial charge in [-0.2, -0.15) is 0 Å². The minimum atomic E-state index is -1.80. The van der Waals surface area contributed by atoms with Crippen molar-refractivity contribution in [3.8, 4) is 0 Å². The predicted molar refractivity (Wildman–Crippen MR) is 67.5 cm³/mol. The van der Waals surface area contributed by atoms with Crippen LogP contribution in [0.4, 0.5) is 0 Å². The van der Waals surface area contributed by atoms with E-state index in [1.54, 1.807) is 0 Å². The van der Waals surface area contributed by atoms with Crippen LogP contribution in [0.15, 0.2) is 12.2 Å². The van der Waals surface area contributed by atoms with Crippen LogP contribution in [-0.4, -0.2) is 20.7 Å². The third-order valence-electron chi connectivity index (χ3n) is 2.41. The van der Waals surface area contributed by atoms with E-state index < -0.39 is 25.8 Å². The third kappa shape index (κ3) is 3.68. The summed E-state index contributed by atoms with van der Waals surface area (Å²) in [6.07, 6.45) is 6.64. The van der Waals surface area contributed by atoms with Crippen LogP contribution in [0.1, 0.15) is 32.6 Å². The maximum atomic E-state index is 11.8. The number of hydrogen-bond acceptors (Lipinski definition) is 2. The van der Waals surface area contributed by atoms with Gasteiger partial charge in [0.15, 0.2) is 0 Å². The normalized spacial score (nSPS) is 27.9. The Morgan fingerprint density at radius 2 is 2.31 bits per heavy atom. The Morgan fingerprint density at radius 3 is 2.88 bits per heavy atom. The molecule has 0 unspecified atom stereocenters. The van der Waals surface area contributed by atoms with Crippen LogP contribution in [0.5, 0.6) is 0 Å². The van der Waals surface area contributed by atoms with E-state index in [9.17, 15) is 9.59 Å².